The van der Waals surface area contributed by atoms with Crippen LogP contribution in [0.1, 0.15) is 71.4 Å². The number of benzene rings is 2. The number of pyridine rings is 1. The molecule has 2 unspecified atom stereocenters. The molecule has 2 aromatic heterocycles. The van der Waals surface area contributed by atoms with Gasteiger partial charge in [0.25, 0.3) is 5.65 Å². The molecule has 4 aromatic rings. The standard InChI is InChI=1S/C27H29N2/c1-17-8-6-9-19-22-18(2)10-11-20-24(22)29-21(16-28(3)25(29)23(17)19)27-13-5-4-12-26(20,27)14-7-15-27/h6,8-11,16H,4-5,7,12-15H2,1-3H3/q+1/i2D3. The quantitative estimate of drug-likeness (QED) is 0.262. The minimum atomic E-state index is -2.15. The third-order valence-corrected chi connectivity index (χ3v) is 8.86. The number of fused-ring (bicyclic) bond motifs is 3. The molecule has 0 spiro atoms. The van der Waals surface area contributed by atoms with Gasteiger partial charge in [0, 0.05) is 31.3 Å². The van der Waals surface area contributed by atoms with E-state index >= 15 is 0 Å². The van der Waals surface area contributed by atoms with E-state index in [1.165, 1.54) is 78.3 Å². The number of hydrogen-bond donors (Lipinski definition) is 0. The van der Waals surface area contributed by atoms with Gasteiger partial charge in [0.05, 0.1) is 12.4 Å². The molecule has 2 aliphatic carbocycles. The molecule has 0 amide bonds. The predicted octanol–water partition coefficient (Wildman–Crippen LogP) is 5.93. The summed E-state index contributed by atoms with van der Waals surface area (Å²) in [5, 5.41) is 3.22. The monoisotopic (exact) mass is 384 g/mol. The second kappa shape index (κ2) is 5.03. The summed E-state index contributed by atoms with van der Waals surface area (Å²) in [6.07, 6.45) is 11.1. The Morgan fingerprint density at radius 3 is 2.59 bits per heavy atom. The normalized spacial score (nSPS) is 29.8. The highest BCUT2D eigenvalue weighted by molar-refractivity contribution is 6.14. The van der Waals surface area contributed by atoms with E-state index in [-0.39, 0.29) is 10.8 Å². The van der Waals surface area contributed by atoms with E-state index in [0.29, 0.717) is 5.56 Å². The van der Waals surface area contributed by atoms with Crippen molar-refractivity contribution in [1.29, 1.82) is 0 Å². The first-order valence-corrected chi connectivity index (χ1v) is 11.2. The Morgan fingerprint density at radius 1 is 0.931 bits per heavy atom. The largest absolute Gasteiger partial charge is 0.295 e. The first-order chi connectivity index (χ1) is 15.3. The molecule has 0 radical (unpaired) electrons. The summed E-state index contributed by atoms with van der Waals surface area (Å²) in [5.74, 6) is 0. The lowest BCUT2D eigenvalue weighted by atomic mass is 9.52. The van der Waals surface area contributed by atoms with Crippen molar-refractivity contribution in [2.75, 3.05) is 0 Å². The van der Waals surface area contributed by atoms with Gasteiger partial charge in [-0.1, -0.05) is 49.6 Å². The van der Waals surface area contributed by atoms with Crippen molar-refractivity contribution in [2.45, 2.75) is 69.6 Å². The zero-order chi connectivity index (χ0) is 22.0. The van der Waals surface area contributed by atoms with Crippen molar-refractivity contribution < 1.29 is 8.68 Å². The van der Waals surface area contributed by atoms with E-state index in [1.54, 1.807) is 0 Å². The molecule has 3 heterocycles. The SMILES string of the molecule is [2H]C([2H])([2H])c1ccc2c3c1c1cccc(C)c1c1n3c(c[n+]1C)C13CCCCC21CCC3. The van der Waals surface area contributed by atoms with Gasteiger partial charge in [-0.2, -0.15) is 4.40 Å². The van der Waals surface area contributed by atoms with Gasteiger partial charge in [-0.3, -0.25) is 0 Å². The van der Waals surface area contributed by atoms with Crippen molar-refractivity contribution in [1.82, 2.24) is 4.40 Å². The summed E-state index contributed by atoms with van der Waals surface area (Å²) in [6, 6.07) is 10.5. The zero-order valence-corrected chi connectivity index (χ0v) is 17.3. The molecule has 7 rings (SSSR count). The molecule has 2 atom stereocenters. The first-order valence-electron chi connectivity index (χ1n) is 12.7. The molecule has 146 valence electrons. The maximum Gasteiger partial charge on any atom is 0.295 e. The highest BCUT2D eigenvalue weighted by Gasteiger charge is 2.63. The van der Waals surface area contributed by atoms with E-state index in [1.807, 2.05) is 6.07 Å². The van der Waals surface area contributed by atoms with Crippen molar-refractivity contribution in [3.8, 4) is 0 Å². The number of aromatic nitrogens is 2. The fourth-order valence-electron chi connectivity index (χ4n) is 7.86. The fourth-order valence-corrected chi connectivity index (χ4v) is 7.86. The van der Waals surface area contributed by atoms with Gasteiger partial charge in [-0.25, -0.2) is 4.57 Å². The molecular weight excluding hydrogens is 352 g/mol. The second-order valence-corrected chi connectivity index (χ2v) is 9.89. The van der Waals surface area contributed by atoms with Crippen molar-refractivity contribution in [2.24, 2.45) is 7.05 Å². The number of imidazole rings is 1. The first kappa shape index (κ1) is 13.8. The van der Waals surface area contributed by atoms with E-state index in [0.717, 1.165) is 10.8 Å². The van der Waals surface area contributed by atoms with E-state index in [9.17, 15) is 0 Å². The van der Waals surface area contributed by atoms with Crippen molar-refractivity contribution in [3.63, 3.8) is 0 Å². The van der Waals surface area contributed by atoms with Crippen LogP contribution in [0.3, 0.4) is 0 Å². The average molecular weight is 385 g/mol. The minimum absolute atomic E-state index is 0.141. The number of aryl methyl sites for hydroxylation is 3. The molecule has 1 aliphatic heterocycles. The summed E-state index contributed by atoms with van der Waals surface area (Å²) in [6.45, 7) is 0.0110. The lowest BCUT2D eigenvalue weighted by molar-refractivity contribution is -0.643. The van der Waals surface area contributed by atoms with Crippen LogP contribution in [0.25, 0.3) is 27.3 Å². The Bertz CT molecular complexity index is 1480. The van der Waals surface area contributed by atoms with Crippen LogP contribution in [0.4, 0.5) is 0 Å². The van der Waals surface area contributed by atoms with Gasteiger partial charge in [0.2, 0.25) is 0 Å². The highest BCUT2D eigenvalue weighted by atomic mass is 15.1. The van der Waals surface area contributed by atoms with Crippen LogP contribution >= 0.6 is 0 Å². The van der Waals surface area contributed by atoms with Gasteiger partial charge in [-0.05, 0) is 50.6 Å². The molecule has 2 fully saturated rings. The molecule has 3 aliphatic rings. The highest BCUT2D eigenvalue weighted by Crippen LogP contribution is 2.65. The maximum absolute atomic E-state index is 8.38. The molecule has 29 heavy (non-hydrogen) atoms. The van der Waals surface area contributed by atoms with Crippen LogP contribution in [0, 0.1) is 13.8 Å². The average Bonchev–Trinajstić information content (AvgIpc) is 3.32. The Balaban J connectivity index is 1.84. The van der Waals surface area contributed by atoms with E-state index < -0.39 is 6.85 Å². The van der Waals surface area contributed by atoms with Crippen LogP contribution in [0.15, 0.2) is 36.5 Å². The topological polar surface area (TPSA) is 8.29 Å². The Hall–Kier alpha value is -2.35. The van der Waals surface area contributed by atoms with E-state index in [4.69, 9.17) is 4.11 Å². The zero-order valence-electron chi connectivity index (χ0n) is 20.3. The Labute approximate surface area is 176 Å². The minimum Gasteiger partial charge on any atom is -0.232 e. The van der Waals surface area contributed by atoms with Crippen LogP contribution in [-0.4, -0.2) is 4.40 Å². The number of nitrogens with zero attached hydrogens (tertiary/aromatic N) is 2. The Kier molecular flexibility index (Phi) is 2.39. The molecule has 0 bridgehead atoms. The lowest BCUT2D eigenvalue weighted by Gasteiger charge is -2.50. The number of hydrogen-bond acceptors (Lipinski definition) is 0. The smallest absolute Gasteiger partial charge is 0.232 e. The maximum atomic E-state index is 8.38. The van der Waals surface area contributed by atoms with Crippen LogP contribution in [-0.2, 0) is 17.9 Å². The van der Waals surface area contributed by atoms with Gasteiger partial charge in [-0.15, -0.1) is 0 Å². The van der Waals surface area contributed by atoms with E-state index in [2.05, 4.69) is 53.4 Å². The lowest BCUT2D eigenvalue weighted by Crippen LogP contribution is -2.50. The fraction of sp³-hybridized carbons (Fsp3) is 0.444. The van der Waals surface area contributed by atoms with Crippen LogP contribution in [0.2, 0.25) is 0 Å². The summed E-state index contributed by atoms with van der Waals surface area (Å²) in [4.78, 5) is 0. The molecule has 0 N–H and O–H groups in total. The molecule has 2 saturated carbocycles. The van der Waals surface area contributed by atoms with Crippen molar-refractivity contribution in [3.05, 3.63) is 58.9 Å². The predicted molar refractivity (Wildman–Crippen MR) is 119 cm³/mol. The molecule has 2 nitrogen and oxygen atoms in total. The van der Waals surface area contributed by atoms with Crippen LogP contribution in [0.5, 0.6) is 0 Å². The summed E-state index contributed by atoms with van der Waals surface area (Å²) in [5.41, 5.74) is 7.24. The van der Waals surface area contributed by atoms with Crippen LogP contribution < -0.4 is 4.57 Å². The second-order valence-electron chi connectivity index (χ2n) is 9.89. The van der Waals surface area contributed by atoms with Gasteiger partial charge >= 0.3 is 0 Å². The van der Waals surface area contributed by atoms with Gasteiger partial charge < -0.3 is 0 Å². The Morgan fingerprint density at radius 2 is 1.72 bits per heavy atom. The molecule has 2 aromatic carbocycles. The summed E-state index contributed by atoms with van der Waals surface area (Å²) < 4.78 is 30.0. The third kappa shape index (κ3) is 1.60. The summed E-state index contributed by atoms with van der Waals surface area (Å²) >= 11 is 0. The van der Waals surface area contributed by atoms with Crippen molar-refractivity contribution >= 4 is 27.3 Å². The number of rotatable bonds is 0. The molecule has 2 heteroatoms. The van der Waals surface area contributed by atoms with Gasteiger partial charge in [0.15, 0.2) is 5.69 Å². The van der Waals surface area contributed by atoms with Gasteiger partial charge in [0.1, 0.15) is 11.7 Å². The molecular formula is C27H29N2+. The summed E-state index contributed by atoms with van der Waals surface area (Å²) in [7, 11) is 2.17. The molecule has 0 saturated heterocycles. The third-order valence-electron chi connectivity index (χ3n) is 8.86.